The summed E-state index contributed by atoms with van der Waals surface area (Å²) in [5.41, 5.74) is 0. The molecule has 0 spiro atoms. The molecule has 0 unspecified atom stereocenters. The normalized spacial score (nSPS) is 31.8. The van der Waals surface area contributed by atoms with Crippen molar-refractivity contribution in [3.05, 3.63) is 42.5 Å². The minimum absolute atomic E-state index is 0.261. The molecule has 1 amide bonds. The number of carbonyl (C=O) groups is 1. The van der Waals surface area contributed by atoms with E-state index in [-0.39, 0.29) is 12.5 Å². The molecule has 0 bridgehead atoms. The highest BCUT2D eigenvalue weighted by Gasteiger charge is 2.52. The Balaban J connectivity index is 1.63. The van der Waals surface area contributed by atoms with Crippen LogP contribution < -0.4 is 10.1 Å². The fraction of sp³-hybridized carbons (Fsp3) is 0.476. The van der Waals surface area contributed by atoms with Crippen molar-refractivity contribution in [2.24, 2.45) is 0 Å². The Morgan fingerprint density at radius 3 is 2.75 bits per heavy atom. The van der Waals surface area contributed by atoms with Crippen molar-refractivity contribution in [2.45, 2.75) is 57.2 Å². The Morgan fingerprint density at radius 2 is 1.96 bits per heavy atom. The maximum absolute atomic E-state index is 11.8. The zero-order valence-electron chi connectivity index (χ0n) is 16.1. The number of aliphatic hydroxyl groups is 1. The molecule has 2 N–H and O–H groups in total. The summed E-state index contributed by atoms with van der Waals surface area (Å²) in [6.45, 7) is 5.21. The van der Waals surface area contributed by atoms with Crippen molar-refractivity contribution in [1.82, 2.24) is 5.32 Å². The number of benzene rings is 2. The Bertz CT molecular complexity index is 864. The predicted molar refractivity (Wildman–Crippen MR) is 102 cm³/mol. The van der Waals surface area contributed by atoms with E-state index in [1.807, 2.05) is 42.5 Å². The Morgan fingerprint density at radius 1 is 1.21 bits per heavy atom. The van der Waals surface area contributed by atoms with Gasteiger partial charge in [-0.3, -0.25) is 4.79 Å². The number of nitrogens with one attached hydrogen (secondary N) is 1. The average Bonchev–Trinajstić information content (AvgIpc) is 2.65. The molecule has 28 heavy (non-hydrogen) atoms. The monoisotopic (exact) mass is 387 g/mol. The van der Waals surface area contributed by atoms with Crippen molar-refractivity contribution in [2.75, 3.05) is 6.61 Å². The van der Waals surface area contributed by atoms with Crippen molar-refractivity contribution < 1.29 is 28.8 Å². The summed E-state index contributed by atoms with van der Waals surface area (Å²) in [6, 6.07) is 12.8. The highest BCUT2D eigenvalue weighted by Crippen LogP contribution is 2.34. The smallest absolute Gasteiger partial charge is 0.223 e. The molecule has 7 heteroatoms. The fourth-order valence-electron chi connectivity index (χ4n) is 3.76. The molecule has 150 valence electrons. The topological polar surface area (TPSA) is 86.3 Å². The molecule has 0 aromatic heterocycles. The van der Waals surface area contributed by atoms with E-state index in [2.05, 4.69) is 5.32 Å². The largest absolute Gasteiger partial charge is 0.462 e. The number of ether oxygens (including phenoxy) is 4. The standard InChI is InChI=1S/C21H25NO6/c1-12(23)22-17-18(24)19-16(11-25-21(2,3)28-19)27-20(17)26-15-10-6-8-13-7-4-5-9-14(13)15/h4-10,16-20,24H,11H2,1-3H3,(H,22,23)/t16-,17-,18+,19+,20-/m0/s1. The third-order valence-electron chi connectivity index (χ3n) is 5.05. The summed E-state index contributed by atoms with van der Waals surface area (Å²) in [7, 11) is 0. The number of amides is 1. The van der Waals surface area contributed by atoms with Crippen molar-refractivity contribution >= 4 is 16.7 Å². The van der Waals surface area contributed by atoms with Gasteiger partial charge in [0.05, 0.1) is 6.61 Å². The third kappa shape index (κ3) is 3.71. The number of carbonyl (C=O) groups excluding carboxylic acids is 1. The van der Waals surface area contributed by atoms with Gasteiger partial charge in [-0.05, 0) is 25.3 Å². The molecule has 5 atom stereocenters. The van der Waals surface area contributed by atoms with Crippen LogP contribution in [0.1, 0.15) is 20.8 Å². The van der Waals surface area contributed by atoms with Gasteiger partial charge in [-0.25, -0.2) is 0 Å². The van der Waals surface area contributed by atoms with Gasteiger partial charge in [0.15, 0.2) is 5.79 Å². The van der Waals surface area contributed by atoms with E-state index < -0.39 is 36.4 Å². The zero-order chi connectivity index (χ0) is 19.9. The van der Waals surface area contributed by atoms with Gasteiger partial charge in [-0.1, -0.05) is 36.4 Å². The molecular formula is C21H25NO6. The summed E-state index contributed by atoms with van der Waals surface area (Å²) in [6.07, 6.45) is -3.04. The quantitative estimate of drug-likeness (QED) is 0.837. The average molecular weight is 387 g/mol. The van der Waals surface area contributed by atoms with Gasteiger partial charge >= 0.3 is 0 Å². The maximum atomic E-state index is 11.8. The van der Waals surface area contributed by atoms with E-state index >= 15 is 0 Å². The summed E-state index contributed by atoms with van der Waals surface area (Å²) < 4.78 is 23.8. The van der Waals surface area contributed by atoms with Crippen LogP contribution in [-0.4, -0.2) is 54.1 Å². The lowest BCUT2D eigenvalue weighted by Gasteiger charge is -2.49. The molecule has 2 heterocycles. The molecule has 2 aliphatic heterocycles. The number of hydrogen-bond donors (Lipinski definition) is 2. The fourth-order valence-corrected chi connectivity index (χ4v) is 3.76. The van der Waals surface area contributed by atoms with Gasteiger partial charge in [0, 0.05) is 12.3 Å². The van der Waals surface area contributed by atoms with Gasteiger partial charge in [0.25, 0.3) is 0 Å². The molecule has 2 aromatic rings. The Kier molecular flexibility index (Phi) is 5.01. The third-order valence-corrected chi connectivity index (χ3v) is 5.05. The first-order valence-corrected chi connectivity index (χ1v) is 9.41. The number of fused-ring (bicyclic) bond motifs is 2. The molecule has 2 aliphatic rings. The number of aliphatic hydroxyl groups excluding tert-OH is 1. The number of rotatable bonds is 3. The lowest BCUT2D eigenvalue weighted by atomic mass is 9.95. The minimum atomic E-state index is -1.01. The van der Waals surface area contributed by atoms with Crippen LogP contribution in [0.2, 0.25) is 0 Å². The van der Waals surface area contributed by atoms with E-state index in [9.17, 15) is 9.90 Å². The maximum Gasteiger partial charge on any atom is 0.223 e. The second-order valence-electron chi connectivity index (χ2n) is 7.65. The van der Waals surface area contributed by atoms with E-state index in [1.54, 1.807) is 13.8 Å². The van der Waals surface area contributed by atoms with Gasteiger partial charge in [0.1, 0.15) is 30.1 Å². The van der Waals surface area contributed by atoms with Crippen molar-refractivity contribution in [3.63, 3.8) is 0 Å². The SMILES string of the molecule is CC(=O)N[C@@H]1[C@@H](Oc2cccc3ccccc23)O[C@H]2COC(C)(C)O[C@H]2[C@@H]1O. The van der Waals surface area contributed by atoms with Crippen LogP contribution in [0, 0.1) is 0 Å². The van der Waals surface area contributed by atoms with E-state index in [1.165, 1.54) is 6.92 Å². The van der Waals surface area contributed by atoms with Gasteiger partial charge in [-0.2, -0.15) is 0 Å². The second kappa shape index (κ2) is 7.33. The van der Waals surface area contributed by atoms with Crippen molar-refractivity contribution in [1.29, 1.82) is 0 Å². The summed E-state index contributed by atoms with van der Waals surface area (Å²) in [5, 5.41) is 15.6. The lowest BCUT2D eigenvalue weighted by Crippen LogP contribution is -2.69. The molecule has 0 aliphatic carbocycles. The van der Waals surface area contributed by atoms with Crippen LogP contribution >= 0.6 is 0 Å². The predicted octanol–water partition coefficient (Wildman–Crippen LogP) is 1.96. The van der Waals surface area contributed by atoms with Crippen LogP contribution in [0.5, 0.6) is 5.75 Å². The first kappa shape index (κ1) is 19.1. The summed E-state index contributed by atoms with van der Waals surface area (Å²) >= 11 is 0. The molecule has 7 nitrogen and oxygen atoms in total. The molecule has 0 saturated carbocycles. The first-order chi connectivity index (χ1) is 13.3. The Labute approximate surface area is 163 Å². The van der Waals surface area contributed by atoms with Crippen LogP contribution in [0.3, 0.4) is 0 Å². The van der Waals surface area contributed by atoms with E-state index in [4.69, 9.17) is 18.9 Å². The second-order valence-corrected chi connectivity index (χ2v) is 7.65. The molecule has 4 rings (SSSR count). The van der Waals surface area contributed by atoms with Crippen LogP contribution in [0.25, 0.3) is 10.8 Å². The molecule has 0 radical (unpaired) electrons. The molecule has 2 fully saturated rings. The molecule has 2 aromatic carbocycles. The van der Waals surface area contributed by atoms with Gasteiger partial charge in [-0.15, -0.1) is 0 Å². The van der Waals surface area contributed by atoms with E-state index in [0.717, 1.165) is 10.8 Å². The molecular weight excluding hydrogens is 362 g/mol. The molecule has 2 saturated heterocycles. The highest BCUT2D eigenvalue weighted by atomic mass is 16.8. The minimum Gasteiger partial charge on any atom is -0.462 e. The first-order valence-electron chi connectivity index (χ1n) is 9.41. The van der Waals surface area contributed by atoms with Crippen LogP contribution in [0.15, 0.2) is 42.5 Å². The highest BCUT2D eigenvalue weighted by molar-refractivity contribution is 5.88. The van der Waals surface area contributed by atoms with Gasteiger partial charge < -0.3 is 29.4 Å². The van der Waals surface area contributed by atoms with Crippen molar-refractivity contribution in [3.8, 4) is 5.75 Å². The van der Waals surface area contributed by atoms with E-state index in [0.29, 0.717) is 5.75 Å². The lowest BCUT2D eigenvalue weighted by molar-refractivity contribution is -0.361. The summed E-state index contributed by atoms with van der Waals surface area (Å²) in [4.78, 5) is 11.8. The Hall–Kier alpha value is -2.19. The van der Waals surface area contributed by atoms with Gasteiger partial charge in [0.2, 0.25) is 12.2 Å². The summed E-state index contributed by atoms with van der Waals surface area (Å²) in [5.74, 6) is -0.513. The number of hydrogen-bond acceptors (Lipinski definition) is 6. The van der Waals surface area contributed by atoms with Crippen LogP contribution in [-0.2, 0) is 19.0 Å². The zero-order valence-corrected chi connectivity index (χ0v) is 16.1. The van der Waals surface area contributed by atoms with Crippen LogP contribution in [0.4, 0.5) is 0 Å².